The molecule has 0 aromatic rings. The minimum Gasteiger partial charge on any atom is -0.383 e. The maximum Gasteiger partial charge on any atom is 0.0798 e. The molecule has 3 heteroatoms. The molecule has 2 unspecified atom stereocenters. The highest BCUT2D eigenvalue weighted by Crippen LogP contribution is 2.25. The summed E-state index contributed by atoms with van der Waals surface area (Å²) in [5.41, 5.74) is 0.125. The molecule has 16 heavy (non-hydrogen) atoms. The van der Waals surface area contributed by atoms with Crippen LogP contribution < -0.4 is 5.32 Å². The van der Waals surface area contributed by atoms with Crippen molar-refractivity contribution < 1.29 is 9.47 Å². The fourth-order valence-corrected chi connectivity index (χ4v) is 1.91. The number of nitrogens with one attached hydrogen (secondary N) is 1. The summed E-state index contributed by atoms with van der Waals surface area (Å²) in [6, 6.07) is 0.268. The standard InChI is InChI=1S/C13H29NO2/c1-7-9-14-11(10-15-6)12(16-8-2)13(3,4)5/h11-12,14H,7-10H2,1-6H3. The maximum absolute atomic E-state index is 5.88. The zero-order valence-electron chi connectivity index (χ0n) is 11.8. The summed E-state index contributed by atoms with van der Waals surface area (Å²) < 4.78 is 11.2. The second-order valence-corrected chi connectivity index (χ2v) is 5.26. The summed E-state index contributed by atoms with van der Waals surface area (Å²) in [5, 5.41) is 3.51. The predicted molar refractivity (Wildman–Crippen MR) is 68.8 cm³/mol. The maximum atomic E-state index is 5.88. The normalized spacial score (nSPS) is 16.1. The summed E-state index contributed by atoms with van der Waals surface area (Å²) in [7, 11) is 1.74. The van der Waals surface area contributed by atoms with Gasteiger partial charge < -0.3 is 14.8 Å². The first kappa shape index (κ1) is 15.9. The molecular weight excluding hydrogens is 202 g/mol. The van der Waals surface area contributed by atoms with E-state index in [-0.39, 0.29) is 17.6 Å². The summed E-state index contributed by atoms with van der Waals surface area (Å²) in [6.07, 6.45) is 1.31. The Balaban J connectivity index is 4.51. The molecule has 0 amide bonds. The number of ether oxygens (including phenoxy) is 2. The Morgan fingerprint density at radius 2 is 1.81 bits per heavy atom. The van der Waals surface area contributed by atoms with Crippen LogP contribution in [0, 0.1) is 5.41 Å². The van der Waals surface area contributed by atoms with Gasteiger partial charge in [-0.2, -0.15) is 0 Å². The molecule has 0 heterocycles. The van der Waals surface area contributed by atoms with Gasteiger partial charge in [-0.25, -0.2) is 0 Å². The topological polar surface area (TPSA) is 30.5 Å². The largest absolute Gasteiger partial charge is 0.383 e. The Bertz CT molecular complexity index is 166. The minimum absolute atomic E-state index is 0.125. The number of rotatable bonds is 8. The van der Waals surface area contributed by atoms with Crippen LogP contribution in [0.1, 0.15) is 41.0 Å². The molecule has 0 bridgehead atoms. The Hall–Kier alpha value is -0.120. The van der Waals surface area contributed by atoms with Crippen molar-refractivity contribution in [2.45, 2.75) is 53.2 Å². The van der Waals surface area contributed by atoms with Gasteiger partial charge in [0.15, 0.2) is 0 Å². The van der Waals surface area contributed by atoms with E-state index in [0.29, 0.717) is 6.61 Å². The highest BCUT2D eigenvalue weighted by Gasteiger charge is 2.32. The molecule has 98 valence electrons. The third-order valence-electron chi connectivity index (χ3n) is 2.57. The second-order valence-electron chi connectivity index (χ2n) is 5.26. The fourth-order valence-electron chi connectivity index (χ4n) is 1.91. The average molecular weight is 231 g/mol. The summed E-state index contributed by atoms with van der Waals surface area (Å²) in [6.45, 7) is 13.3. The number of methoxy groups -OCH3 is 1. The Morgan fingerprint density at radius 1 is 1.19 bits per heavy atom. The van der Waals surface area contributed by atoms with Crippen LogP contribution in [-0.4, -0.2) is 39.0 Å². The van der Waals surface area contributed by atoms with Crippen LogP contribution in [0.3, 0.4) is 0 Å². The molecule has 0 aliphatic heterocycles. The van der Waals surface area contributed by atoms with E-state index in [0.717, 1.165) is 19.6 Å². The summed E-state index contributed by atoms with van der Waals surface area (Å²) in [5.74, 6) is 0. The molecule has 3 nitrogen and oxygen atoms in total. The van der Waals surface area contributed by atoms with E-state index in [4.69, 9.17) is 9.47 Å². The average Bonchev–Trinajstić information content (AvgIpc) is 2.19. The van der Waals surface area contributed by atoms with E-state index in [1.807, 2.05) is 6.92 Å². The zero-order chi connectivity index (χ0) is 12.6. The van der Waals surface area contributed by atoms with Gasteiger partial charge in [0.25, 0.3) is 0 Å². The fraction of sp³-hybridized carbons (Fsp3) is 1.00. The molecule has 0 fully saturated rings. The van der Waals surface area contributed by atoms with Gasteiger partial charge in [-0.1, -0.05) is 27.7 Å². The van der Waals surface area contributed by atoms with Crippen LogP contribution in [0.5, 0.6) is 0 Å². The smallest absolute Gasteiger partial charge is 0.0798 e. The first-order valence-electron chi connectivity index (χ1n) is 6.31. The Morgan fingerprint density at radius 3 is 2.19 bits per heavy atom. The van der Waals surface area contributed by atoms with Crippen LogP contribution in [0.15, 0.2) is 0 Å². The van der Waals surface area contributed by atoms with E-state index >= 15 is 0 Å². The van der Waals surface area contributed by atoms with Gasteiger partial charge in [0.2, 0.25) is 0 Å². The molecule has 0 rings (SSSR count). The SMILES string of the molecule is CCCNC(COC)C(OCC)C(C)(C)C. The van der Waals surface area contributed by atoms with E-state index < -0.39 is 0 Å². The first-order chi connectivity index (χ1) is 7.47. The quantitative estimate of drug-likeness (QED) is 0.696. The van der Waals surface area contributed by atoms with E-state index in [9.17, 15) is 0 Å². The van der Waals surface area contributed by atoms with Crippen molar-refractivity contribution in [2.24, 2.45) is 5.41 Å². The Kier molecular flexibility index (Phi) is 7.98. The molecule has 0 aromatic carbocycles. The van der Waals surface area contributed by atoms with Gasteiger partial charge in [0, 0.05) is 13.7 Å². The lowest BCUT2D eigenvalue weighted by Gasteiger charge is -2.37. The molecule has 0 aliphatic rings. The van der Waals surface area contributed by atoms with Crippen molar-refractivity contribution in [1.82, 2.24) is 5.32 Å². The van der Waals surface area contributed by atoms with Gasteiger partial charge in [-0.15, -0.1) is 0 Å². The lowest BCUT2D eigenvalue weighted by molar-refractivity contribution is -0.0510. The third kappa shape index (κ3) is 5.83. The van der Waals surface area contributed by atoms with Gasteiger partial charge in [-0.05, 0) is 25.3 Å². The van der Waals surface area contributed by atoms with E-state index in [2.05, 4.69) is 33.0 Å². The van der Waals surface area contributed by atoms with Crippen LogP contribution in [0.25, 0.3) is 0 Å². The van der Waals surface area contributed by atoms with Crippen molar-refractivity contribution in [3.63, 3.8) is 0 Å². The van der Waals surface area contributed by atoms with Crippen molar-refractivity contribution in [3.8, 4) is 0 Å². The van der Waals surface area contributed by atoms with Gasteiger partial charge in [-0.3, -0.25) is 0 Å². The molecule has 1 N–H and O–H groups in total. The highest BCUT2D eigenvalue weighted by atomic mass is 16.5. The van der Waals surface area contributed by atoms with Crippen LogP contribution >= 0.6 is 0 Å². The monoisotopic (exact) mass is 231 g/mol. The van der Waals surface area contributed by atoms with Gasteiger partial charge in [0.1, 0.15) is 0 Å². The Labute approximate surface area is 101 Å². The highest BCUT2D eigenvalue weighted by molar-refractivity contribution is 4.86. The first-order valence-corrected chi connectivity index (χ1v) is 6.31. The molecule has 0 aromatic heterocycles. The van der Waals surface area contributed by atoms with Crippen LogP contribution in [0.4, 0.5) is 0 Å². The van der Waals surface area contributed by atoms with E-state index in [1.165, 1.54) is 0 Å². The number of hydrogen-bond acceptors (Lipinski definition) is 3. The lowest BCUT2D eigenvalue weighted by atomic mass is 9.84. The van der Waals surface area contributed by atoms with Crippen LogP contribution in [-0.2, 0) is 9.47 Å². The molecule has 0 aliphatic carbocycles. The molecule has 0 saturated heterocycles. The molecule has 0 spiro atoms. The second kappa shape index (κ2) is 8.04. The van der Waals surface area contributed by atoms with Crippen molar-refractivity contribution in [2.75, 3.05) is 26.9 Å². The van der Waals surface area contributed by atoms with Crippen molar-refractivity contribution in [3.05, 3.63) is 0 Å². The zero-order valence-corrected chi connectivity index (χ0v) is 11.8. The summed E-state index contributed by atoms with van der Waals surface area (Å²) in [4.78, 5) is 0. The predicted octanol–water partition coefficient (Wildman–Crippen LogP) is 2.45. The molecule has 2 atom stereocenters. The molecule has 0 radical (unpaired) electrons. The van der Waals surface area contributed by atoms with Crippen molar-refractivity contribution >= 4 is 0 Å². The third-order valence-corrected chi connectivity index (χ3v) is 2.57. The summed E-state index contributed by atoms with van der Waals surface area (Å²) >= 11 is 0. The number of hydrogen-bond donors (Lipinski definition) is 1. The lowest BCUT2D eigenvalue weighted by Crippen LogP contribution is -2.50. The van der Waals surface area contributed by atoms with Gasteiger partial charge in [0.05, 0.1) is 18.8 Å². The van der Waals surface area contributed by atoms with Crippen LogP contribution in [0.2, 0.25) is 0 Å². The van der Waals surface area contributed by atoms with E-state index in [1.54, 1.807) is 7.11 Å². The van der Waals surface area contributed by atoms with Gasteiger partial charge >= 0.3 is 0 Å². The molecule has 0 saturated carbocycles. The minimum atomic E-state index is 0.125. The van der Waals surface area contributed by atoms with Crippen molar-refractivity contribution in [1.29, 1.82) is 0 Å². The molecular formula is C13H29NO2.